The minimum Gasteiger partial charge on any atom is -0.354 e. The van der Waals surface area contributed by atoms with Crippen LogP contribution in [-0.2, 0) is 9.59 Å². The predicted molar refractivity (Wildman–Crippen MR) is 87.5 cm³/mol. The summed E-state index contributed by atoms with van der Waals surface area (Å²) in [4.78, 5) is 24.8. The number of hydrogen-bond acceptors (Lipinski definition) is 3. The summed E-state index contributed by atoms with van der Waals surface area (Å²) in [6.07, 6.45) is 9.30. The molecule has 0 heterocycles. The van der Waals surface area contributed by atoms with Crippen LogP contribution >= 0.6 is 0 Å². The van der Waals surface area contributed by atoms with E-state index >= 15 is 0 Å². The van der Waals surface area contributed by atoms with Gasteiger partial charge in [-0.05, 0) is 44.6 Å². The summed E-state index contributed by atoms with van der Waals surface area (Å²) >= 11 is 0. The third kappa shape index (κ3) is 5.27. The Labute approximate surface area is 134 Å². The van der Waals surface area contributed by atoms with Gasteiger partial charge in [-0.25, -0.2) is 0 Å². The van der Waals surface area contributed by atoms with Crippen LogP contribution in [-0.4, -0.2) is 37.0 Å². The van der Waals surface area contributed by atoms with Crippen LogP contribution in [0, 0.1) is 5.92 Å². The van der Waals surface area contributed by atoms with Gasteiger partial charge in [0, 0.05) is 6.54 Å². The van der Waals surface area contributed by atoms with Gasteiger partial charge in [-0.1, -0.05) is 32.6 Å². The molecule has 126 valence electrons. The van der Waals surface area contributed by atoms with E-state index in [4.69, 9.17) is 0 Å². The lowest BCUT2D eigenvalue weighted by molar-refractivity contribution is -0.134. The number of unbranched alkanes of at least 4 members (excludes halogenated alkanes) is 1. The number of carbonyl (C=O) groups excluding carboxylic acids is 2. The molecule has 2 rings (SSSR count). The Morgan fingerprint density at radius 3 is 2.50 bits per heavy atom. The molecule has 0 aromatic carbocycles. The van der Waals surface area contributed by atoms with Crippen LogP contribution in [0.25, 0.3) is 0 Å². The van der Waals surface area contributed by atoms with Crippen LogP contribution in [0.3, 0.4) is 0 Å². The molecule has 5 nitrogen and oxygen atoms in total. The van der Waals surface area contributed by atoms with Crippen molar-refractivity contribution in [2.45, 2.75) is 70.3 Å². The SMILES string of the molecule is CCCCNC(=O)C1(NC(=O)CNCC2CC2)CCCCC1. The average molecular weight is 309 g/mol. The maximum Gasteiger partial charge on any atom is 0.245 e. The third-order valence-corrected chi connectivity index (χ3v) is 4.75. The largest absolute Gasteiger partial charge is 0.354 e. The quantitative estimate of drug-likeness (QED) is 0.568. The van der Waals surface area contributed by atoms with E-state index in [9.17, 15) is 9.59 Å². The van der Waals surface area contributed by atoms with E-state index in [-0.39, 0.29) is 11.8 Å². The lowest BCUT2D eigenvalue weighted by Crippen LogP contribution is -2.61. The second kappa shape index (κ2) is 8.51. The Morgan fingerprint density at radius 1 is 1.14 bits per heavy atom. The summed E-state index contributed by atoms with van der Waals surface area (Å²) < 4.78 is 0. The lowest BCUT2D eigenvalue weighted by Gasteiger charge is -2.36. The molecule has 0 spiro atoms. The van der Waals surface area contributed by atoms with Crippen molar-refractivity contribution in [3.8, 4) is 0 Å². The fourth-order valence-corrected chi connectivity index (χ4v) is 3.13. The first-order valence-corrected chi connectivity index (χ1v) is 8.96. The molecule has 2 aliphatic rings. The molecule has 2 aliphatic carbocycles. The van der Waals surface area contributed by atoms with Crippen LogP contribution in [0.2, 0.25) is 0 Å². The summed E-state index contributed by atoms with van der Waals surface area (Å²) in [7, 11) is 0. The monoisotopic (exact) mass is 309 g/mol. The van der Waals surface area contributed by atoms with E-state index in [1.165, 1.54) is 12.8 Å². The van der Waals surface area contributed by atoms with Gasteiger partial charge in [0.05, 0.1) is 6.54 Å². The molecule has 0 saturated heterocycles. The van der Waals surface area contributed by atoms with Gasteiger partial charge in [0.25, 0.3) is 0 Å². The van der Waals surface area contributed by atoms with Crippen molar-refractivity contribution >= 4 is 11.8 Å². The van der Waals surface area contributed by atoms with Crippen molar-refractivity contribution in [1.82, 2.24) is 16.0 Å². The van der Waals surface area contributed by atoms with Crippen LogP contribution in [0.15, 0.2) is 0 Å². The third-order valence-electron chi connectivity index (χ3n) is 4.75. The summed E-state index contributed by atoms with van der Waals surface area (Å²) in [5, 5.41) is 9.25. The van der Waals surface area contributed by atoms with Crippen LogP contribution in [0.4, 0.5) is 0 Å². The Kier molecular flexibility index (Phi) is 6.68. The molecule has 22 heavy (non-hydrogen) atoms. The molecular formula is C17H31N3O2. The molecule has 0 aromatic rings. The molecule has 5 heteroatoms. The molecule has 0 bridgehead atoms. The van der Waals surface area contributed by atoms with E-state index in [2.05, 4.69) is 22.9 Å². The minimum absolute atomic E-state index is 0.0104. The van der Waals surface area contributed by atoms with Crippen molar-refractivity contribution < 1.29 is 9.59 Å². The van der Waals surface area contributed by atoms with Crippen molar-refractivity contribution in [1.29, 1.82) is 0 Å². The second-order valence-electron chi connectivity index (χ2n) is 6.87. The van der Waals surface area contributed by atoms with Crippen LogP contribution in [0.5, 0.6) is 0 Å². The highest BCUT2D eigenvalue weighted by molar-refractivity contribution is 5.92. The molecule has 3 N–H and O–H groups in total. The van der Waals surface area contributed by atoms with Gasteiger partial charge in [0.1, 0.15) is 5.54 Å². The van der Waals surface area contributed by atoms with Crippen molar-refractivity contribution in [2.24, 2.45) is 5.92 Å². The fraction of sp³-hybridized carbons (Fsp3) is 0.882. The first-order chi connectivity index (χ1) is 10.7. The Balaban J connectivity index is 1.83. The number of rotatable bonds is 9. The molecule has 0 atom stereocenters. The Hall–Kier alpha value is -1.10. The second-order valence-corrected chi connectivity index (χ2v) is 6.87. The molecule has 0 aliphatic heterocycles. The van der Waals surface area contributed by atoms with Gasteiger partial charge < -0.3 is 16.0 Å². The Morgan fingerprint density at radius 2 is 1.86 bits per heavy atom. The first kappa shape index (κ1) is 17.3. The molecule has 2 amide bonds. The summed E-state index contributed by atoms with van der Waals surface area (Å²) in [6, 6.07) is 0. The molecule has 0 aromatic heterocycles. The van der Waals surface area contributed by atoms with Crippen LogP contribution < -0.4 is 16.0 Å². The van der Waals surface area contributed by atoms with Crippen molar-refractivity contribution in [2.75, 3.05) is 19.6 Å². The number of hydrogen-bond donors (Lipinski definition) is 3. The smallest absolute Gasteiger partial charge is 0.245 e. The maximum atomic E-state index is 12.6. The average Bonchev–Trinajstić information content (AvgIpc) is 3.32. The molecule has 0 unspecified atom stereocenters. The van der Waals surface area contributed by atoms with Gasteiger partial charge in [-0.15, -0.1) is 0 Å². The molecule has 2 saturated carbocycles. The standard InChI is InChI=1S/C17H31N3O2/c1-2-3-11-19-16(22)17(9-5-4-6-10-17)20-15(21)13-18-12-14-7-8-14/h14,18H,2-13H2,1H3,(H,19,22)(H,20,21). The molecular weight excluding hydrogens is 278 g/mol. The molecule has 2 fully saturated rings. The van der Waals surface area contributed by atoms with Crippen molar-refractivity contribution in [3.05, 3.63) is 0 Å². The van der Waals surface area contributed by atoms with Gasteiger partial charge in [0.15, 0.2) is 0 Å². The van der Waals surface area contributed by atoms with Gasteiger partial charge >= 0.3 is 0 Å². The summed E-state index contributed by atoms with van der Waals surface area (Å²) in [6.45, 7) is 4.05. The maximum absolute atomic E-state index is 12.6. The van der Waals surface area contributed by atoms with Gasteiger partial charge in [-0.3, -0.25) is 9.59 Å². The fourth-order valence-electron chi connectivity index (χ4n) is 3.13. The Bertz CT molecular complexity index is 374. The predicted octanol–water partition coefficient (Wildman–Crippen LogP) is 1.72. The van der Waals surface area contributed by atoms with Gasteiger partial charge in [-0.2, -0.15) is 0 Å². The normalized spacial score (nSPS) is 20.4. The summed E-state index contributed by atoms with van der Waals surface area (Å²) in [5.74, 6) is 0.721. The zero-order chi connectivity index (χ0) is 15.8. The van der Waals surface area contributed by atoms with E-state index in [1.807, 2.05) is 0 Å². The number of amides is 2. The topological polar surface area (TPSA) is 70.2 Å². The van der Waals surface area contributed by atoms with Crippen LogP contribution in [0.1, 0.15) is 64.7 Å². The molecule has 0 radical (unpaired) electrons. The minimum atomic E-state index is -0.676. The first-order valence-electron chi connectivity index (χ1n) is 8.96. The number of nitrogens with one attached hydrogen (secondary N) is 3. The highest BCUT2D eigenvalue weighted by Gasteiger charge is 2.40. The highest BCUT2D eigenvalue weighted by Crippen LogP contribution is 2.29. The van der Waals surface area contributed by atoms with E-state index < -0.39 is 5.54 Å². The van der Waals surface area contributed by atoms with Gasteiger partial charge in [0.2, 0.25) is 11.8 Å². The van der Waals surface area contributed by atoms with E-state index in [1.54, 1.807) is 0 Å². The highest BCUT2D eigenvalue weighted by atomic mass is 16.2. The lowest BCUT2D eigenvalue weighted by atomic mass is 9.80. The van der Waals surface area contributed by atoms with E-state index in [0.29, 0.717) is 13.1 Å². The zero-order valence-electron chi connectivity index (χ0n) is 13.9. The number of carbonyl (C=O) groups is 2. The van der Waals surface area contributed by atoms with E-state index in [0.717, 1.165) is 57.4 Å². The zero-order valence-corrected chi connectivity index (χ0v) is 13.9. The summed E-state index contributed by atoms with van der Waals surface area (Å²) in [5.41, 5.74) is -0.676. The van der Waals surface area contributed by atoms with Crippen molar-refractivity contribution in [3.63, 3.8) is 0 Å².